The average molecular weight is 490 g/mol. The Morgan fingerprint density at radius 1 is 1.11 bits per heavy atom. The fraction of sp³-hybridized carbons (Fsp3) is 0.304. The van der Waals surface area contributed by atoms with E-state index in [9.17, 15) is 18.0 Å². The quantitative estimate of drug-likeness (QED) is 0.542. The van der Waals surface area contributed by atoms with Crippen LogP contribution >= 0.6 is 0 Å². The first-order chi connectivity index (χ1) is 16.8. The summed E-state index contributed by atoms with van der Waals surface area (Å²) in [6.07, 6.45) is -4.90. The molecule has 0 saturated carbocycles. The van der Waals surface area contributed by atoms with Gasteiger partial charge < -0.3 is 29.6 Å². The molecule has 2 aliphatic rings. The molecule has 0 radical (unpaired) electrons. The van der Waals surface area contributed by atoms with Crippen LogP contribution in [0.4, 0.5) is 24.7 Å². The molecule has 2 aliphatic heterocycles. The molecule has 0 saturated heterocycles. The number of anilines is 2. The molecular formula is C23H21F3N4O5. The van der Waals surface area contributed by atoms with Crippen LogP contribution in [0, 0.1) is 0 Å². The minimum Gasteiger partial charge on any atom is -0.497 e. The zero-order chi connectivity index (χ0) is 24.7. The number of benzene rings is 2. The number of fused-ring (bicyclic) bond motifs is 2. The smallest absolute Gasteiger partial charge is 0.410 e. The SMILES string of the molecule is COc1ccc(OC)c(NC(=O)c2cc3n(n2)[C@H](C(F)(F)F)C[C@@H](c2ccc4c(c2)OCO4)N3)c1. The first kappa shape index (κ1) is 22.7. The molecule has 3 aromatic rings. The van der Waals surface area contributed by atoms with Gasteiger partial charge in [0, 0.05) is 18.6 Å². The molecule has 2 aromatic carbocycles. The molecular weight excluding hydrogens is 469 g/mol. The van der Waals surface area contributed by atoms with E-state index in [-0.39, 0.29) is 24.7 Å². The van der Waals surface area contributed by atoms with Gasteiger partial charge in [0.25, 0.3) is 5.91 Å². The minimum absolute atomic E-state index is 0.0609. The first-order valence-corrected chi connectivity index (χ1v) is 10.6. The molecule has 184 valence electrons. The number of methoxy groups -OCH3 is 2. The van der Waals surface area contributed by atoms with Crippen molar-refractivity contribution in [3.63, 3.8) is 0 Å². The van der Waals surface area contributed by atoms with Crippen LogP contribution < -0.4 is 29.6 Å². The Bertz CT molecular complexity index is 1280. The molecule has 0 spiro atoms. The average Bonchev–Trinajstić information content (AvgIpc) is 3.49. The number of hydrogen-bond donors (Lipinski definition) is 2. The van der Waals surface area contributed by atoms with Gasteiger partial charge in [-0.15, -0.1) is 0 Å². The van der Waals surface area contributed by atoms with E-state index in [0.29, 0.717) is 34.2 Å². The summed E-state index contributed by atoms with van der Waals surface area (Å²) in [6, 6.07) is 8.47. The highest BCUT2D eigenvalue weighted by molar-refractivity contribution is 6.04. The summed E-state index contributed by atoms with van der Waals surface area (Å²) >= 11 is 0. The molecule has 0 aliphatic carbocycles. The van der Waals surface area contributed by atoms with Crippen LogP contribution in [0.15, 0.2) is 42.5 Å². The Hall–Kier alpha value is -4.09. The second-order valence-electron chi connectivity index (χ2n) is 7.98. The molecule has 2 atom stereocenters. The highest BCUT2D eigenvalue weighted by atomic mass is 19.4. The number of ether oxygens (including phenoxy) is 4. The number of nitrogens with one attached hydrogen (secondary N) is 2. The van der Waals surface area contributed by atoms with E-state index >= 15 is 0 Å². The number of carbonyl (C=O) groups excluding carboxylic acids is 1. The molecule has 5 rings (SSSR count). The van der Waals surface area contributed by atoms with Gasteiger partial charge in [0.1, 0.15) is 17.3 Å². The van der Waals surface area contributed by atoms with Crippen molar-refractivity contribution >= 4 is 17.4 Å². The summed E-state index contributed by atoms with van der Waals surface area (Å²) in [6.45, 7) is 0.0609. The molecule has 1 amide bonds. The Morgan fingerprint density at radius 2 is 1.91 bits per heavy atom. The predicted octanol–water partition coefficient (Wildman–Crippen LogP) is 4.54. The lowest BCUT2D eigenvalue weighted by Crippen LogP contribution is -2.35. The van der Waals surface area contributed by atoms with E-state index in [2.05, 4.69) is 15.7 Å². The largest absolute Gasteiger partial charge is 0.497 e. The fourth-order valence-corrected chi connectivity index (χ4v) is 4.13. The second-order valence-corrected chi connectivity index (χ2v) is 7.98. The summed E-state index contributed by atoms with van der Waals surface area (Å²) in [7, 11) is 2.90. The Balaban J connectivity index is 1.45. The maximum atomic E-state index is 14.0. The molecule has 0 unspecified atom stereocenters. The van der Waals surface area contributed by atoms with Crippen molar-refractivity contribution in [3.05, 3.63) is 53.7 Å². The van der Waals surface area contributed by atoms with Crippen molar-refractivity contribution in [2.75, 3.05) is 31.6 Å². The van der Waals surface area contributed by atoms with Crippen molar-refractivity contribution in [3.8, 4) is 23.0 Å². The number of rotatable bonds is 5. The van der Waals surface area contributed by atoms with E-state index in [1.807, 2.05) is 0 Å². The van der Waals surface area contributed by atoms with Gasteiger partial charge in [-0.3, -0.25) is 4.79 Å². The van der Waals surface area contributed by atoms with Gasteiger partial charge in [-0.2, -0.15) is 18.3 Å². The molecule has 0 bridgehead atoms. The Kier molecular flexibility index (Phi) is 5.58. The van der Waals surface area contributed by atoms with E-state index in [1.165, 1.54) is 20.3 Å². The second kappa shape index (κ2) is 8.60. The third-order valence-electron chi connectivity index (χ3n) is 5.88. The summed E-state index contributed by atoms with van der Waals surface area (Å²) in [5, 5.41) is 9.68. The number of nitrogens with zero attached hydrogens (tertiary/aromatic N) is 2. The Morgan fingerprint density at radius 3 is 2.66 bits per heavy atom. The zero-order valence-corrected chi connectivity index (χ0v) is 18.7. The first-order valence-electron chi connectivity index (χ1n) is 10.6. The lowest BCUT2D eigenvalue weighted by atomic mass is 9.96. The van der Waals surface area contributed by atoms with Crippen molar-refractivity contribution in [1.29, 1.82) is 0 Å². The van der Waals surface area contributed by atoms with Crippen molar-refractivity contribution in [2.24, 2.45) is 0 Å². The lowest BCUT2D eigenvalue weighted by molar-refractivity contribution is -0.173. The lowest BCUT2D eigenvalue weighted by Gasteiger charge is -2.33. The molecule has 3 heterocycles. The number of amides is 1. The van der Waals surface area contributed by atoms with Crippen molar-refractivity contribution < 1.29 is 36.9 Å². The van der Waals surface area contributed by atoms with Gasteiger partial charge >= 0.3 is 6.18 Å². The highest BCUT2D eigenvalue weighted by Crippen LogP contribution is 2.45. The van der Waals surface area contributed by atoms with Gasteiger partial charge in [-0.05, 0) is 29.8 Å². The number of hydrogen-bond acceptors (Lipinski definition) is 7. The molecule has 9 nitrogen and oxygen atoms in total. The van der Waals surface area contributed by atoms with Crippen LogP contribution in [0.5, 0.6) is 23.0 Å². The number of alkyl halides is 3. The van der Waals surface area contributed by atoms with Gasteiger partial charge in [-0.25, -0.2) is 4.68 Å². The number of halogens is 3. The molecule has 2 N–H and O–H groups in total. The summed E-state index contributed by atoms with van der Waals surface area (Å²) in [5.41, 5.74) is 0.711. The third kappa shape index (κ3) is 4.27. The van der Waals surface area contributed by atoms with Crippen molar-refractivity contribution in [2.45, 2.75) is 24.7 Å². The van der Waals surface area contributed by atoms with Crippen LogP contribution in [-0.4, -0.2) is 42.9 Å². The molecule has 0 fully saturated rings. The summed E-state index contributed by atoms with van der Waals surface area (Å²) in [5.74, 6) is 1.21. The van der Waals surface area contributed by atoms with E-state index in [1.54, 1.807) is 36.4 Å². The predicted molar refractivity (Wildman–Crippen MR) is 118 cm³/mol. The Labute approximate surface area is 197 Å². The maximum Gasteiger partial charge on any atom is 0.410 e. The minimum atomic E-state index is -4.58. The standard InChI is InChI=1S/C23H21F3N4O5/c1-32-13-4-6-17(33-2)15(8-13)28-22(31)16-10-21-27-14(9-20(23(24,25)26)30(21)29-16)12-3-5-18-19(7-12)35-11-34-18/h3-8,10,14,20,27H,9,11H2,1-2H3,(H,28,31)/t14-,20-/m0/s1. The van der Waals surface area contributed by atoms with Gasteiger partial charge in [-0.1, -0.05) is 6.07 Å². The monoisotopic (exact) mass is 490 g/mol. The number of carbonyl (C=O) groups is 1. The van der Waals surface area contributed by atoms with Crippen LogP contribution in [-0.2, 0) is 0 Å². The summed E-state index contributed by atoms with van der Waals surface area (Å²) in [4.78, 5) is 12.9. The van der Waals surface area contributed by atoms with E-state index in [4.69, 9.17) is 18.9 Å². The van der Waals surface area contributed by atoms with Gasteiger partial charge in [0.15, 0.2) is 23.2 Å². The fourth-order valence-electron chi connectivity index (χ4n) is 4.13. The molecule has 35 heavy (non-hydrogen) atoms. The topological polar surface area (TPSA) is 95.9 Å². The van der Waals surface area contributed by atoms with Crippen LogP contribution in [0.3, 0.4) is 0 Å². The van der Waals surface area contributed by atoms with Crippen LogP contribution in [0.1, 0.15) is 34.6 Å². The third-order valence-corrected chi connectivity index (χ3v) is 5.88. The van der Waals surface area contributed by atoms with Gasteiger partial charge in [0.2, 0.25) is 6.79 Å². The van der Waals surface area contributed by atoms with Crippen LogP contribution in [0.25, 0.3) is 0 Å². The van der Waals surface area contributed by atoms with E-state index in [0.717, 1.165) is 4.68 Å². The van der Waals surface area contributed by atoms with Gasteiger partial charge in [0.05, 0.1) is 25.9 Å². The maximum absolute atomic E-state index is 14.0. The summed E-state index contributed by atoms with van der Waals surface area (Å²) < 4.78 is 63.9. The zero-order valence-electron chi connectivity index (χ0n) is 18.7. The normalized spacial score (nSPS) is 18.4. The molecule has 12 heteroatoms. The van der Waals surface area contributed by atoms with Crippen LogP contribution in [0.2, 0.25) is 0 Å². The van der Waals surface area contributed by atoms with Crippen molar-refractivity contribution in [1.82, 2.24) is 9.78 Å². The number of aromatic nitrogens is 2. The molecule has 1 aromatic heterocycles. The highest BCUT2D eigenvalue weighted by Gasteiger charge is 2.47. The van der Waals surface area contributed by atoms with E-state index < -0.39 is 24.2 Å².